The van der Waals surface area contributed by atoms with E-state index >= 15 is 0 Å². The van der Waals surface area contributed by atoms with Crippen molar-refractivity contribution in [2.45, 2.75) is 5.75 Å². The first-order valence-electron chi connectivity index (χ1n) is 3.51. The van der Waals surface area contributed by atoms with E-state index in [0.29, 0.717) is 11.4 Å². The predicted molar refractivity (Wildman–Crippen MR) is 55.3 cm³/mol. The van der Waals surface area contributed by atoms with Gasteiger partial charge >= 0.3 is 0 Å². The molecule has 72 valence electrons. The Balaban J connectivity index is 3.01. The minimum Gasteiger partial charge on any atom is -0.307 e. The monoisotopic (exact) mass is 264 g/mol. The number of anilines is 1. The molecule has 13 heavy (non-hydrogen) atoms. The maximum atomic E-state index is 11.0. The Hall–Kier alpha value is -0.620. The molecule has 0 bridgehead atoms. The number of rotatable bonds is 3. The van der Waals surface area contributed by atoms with Crippen LogP contribution < -0.4 is 4.34 Å². The maximum absolute atomic E-state index is 11.0. The van der Waals surface area contributed by atoms with Gasteiger partial charge in [0.15, 0.2) is 9.84 Å². The fourth-order valence-corrected chi connectivity index (χ4v) is 2.08. The lowest BCUT2D eigenvalue weighted by molar-refractivity contribution is 0.601. The van der Waals surface area contributed by atoms with Crippen LogP contribution in [0.4, 0.5) is 5.82 Å². The van der Waals surface area contributed by atoms with Gasteiger partial charge in [0, 0.05) is 34.2 Å². The normalized spacial score (nSPS) is 11.2. The van der Waals surface area contributed by atoms with Gasteiger partial charge in [0.2, 0.25) is 0 Å². The molecular weight excluding hydrogens is 256 g/mol. The van der Waals surface area contributed by atoms with Crippen LogP contribution in [-0.4, -0.2) is 19.7 Å². The van der Waals surface area contributed by atoms with Gasteiger partial charge in [-0.05, 0) is 6.07 Å². The molecule has 6 heteroatoms. The van der Waals surface area contributed by atoms with E-state index in [1.165, 1.54) is 6.26 Å². The highest BCUT2D eigenvalue weighted by Crippen LogP contribution is 2.15. The van der Waals surface area contributed by atoms with Crippen molar-refractivity contribution in [1.29, 1.82) is 0 Å². The first-order chi connectivity index (χ1) is 6.03. The SMILES string of the molecule is CS(=O)(=O)Cc1cccnc1NBr. The van der Waals surface area contributed by atoms with E-state index in [-0.39, 0.29) is 5.75 Å². The number of sulfone groups is 1. The third-order valence-corrected chi connectivity index (χ3v) is 2.61. The Labute approximate surface area is 85.6 Å². The molecule has 0 aliphatic heterocycles. The van der Waals surface area contributed by atoms with Gasteiger partial charge < -0.3 is 4.34 Å². The molecule has 1 aromatic heterocycles. The van der Waals surface area contributed by atoms with Crippen LogP contribution in [0.5, 0.6) is 0 Å². The number of pyridine rings is 1. The summed E-state index contributed by atoms with van der Waals surface area (Å²) in [7, 11) is -3.01. The van der Waals surface area contributed by atoms with E-state index in [1.54, 1.807) is 18.3 Å². The number of hydrogen-bond acceptors (Lipinski definition) is 4. The predicted octanol–water partition coefficient (Wildman–Crippen LogP) is 1.35. The average Bonchev–Trinajstić information content (AvgIpc) is 2.02. The Morgan fingerprint density at radius 2 is 2.31 bits per heavy atom. The molecule has 1 aromatic rings. The van der Waals surface area contributed by atoms with Gasteiger partial charge in [-0.25, -0.2) is 13.4 Å². The molecule has 0 aromatic carbocycles. The highest BCUT2D eigenvalue weighted by atomic mass is 79.9. The van der Waals surface area contributed by atoms with Gasteiger partial charge in [0.1, 0.15) is 5.82 Å². The fraction of sp³-hybridized carbons (Fsp3) is 0.286. The van der Waals surface area contributed by atoms with E-state index in [0.717, 1.165) is 0 Å². The molecule has 0 amide bonds. The molecule has 0 saturated heterocycles. The second kappa shape index (κ2) is 4.06. The van der Waals surface area contributed by atoms with Crippen molar-refractivity contribution in [2.24, 2.45) is 0 Å². The van der Waals surface area contributed by atoms with Gasteiger partial charge in [-0.15, -0.1) is 0 Å². The van der Waals surface area contributed by atoms with E-state index in [2.05, 4.69) is 25.5 Å². The standard InChI is InChI=1S/C7H9BrN2O2S/c1-13(11,12)5-6-3-2-4-9-7(6)10-8/h2-4H,5H2,1H3,(H,9,10). The first-order valence-corrected chi connectivity index (χ1v) is 6.36. The third-order valence-electron chi connectivity index (χ3n) is 1.40. The topological polar surface area (TPSA) is 59.1 Å². The summed E-state index contributed by atoms with van der Waals surface area (Å²) in [6.45, 7) is 0. The Kier molecular flexibility index (Phi) is 3.27. The van der Waals surface area contributed by atoms with Gasteiger partial charge in [-0.2, -0.15) is 0 Å². The minimum absolute atomic E-state index is 0.00519. The Morgan fingerprint density at radius 1 is 1.62 bits per heavy atom. The summed E-state index contributed by atoms with van der Waals surface area (Å²) in [6, 6.07) is 3.42. The number of hydrogen-bond donors (Lipinski definition) is 1. The van der Waals surface area contributed by atoms with Crippen molar-refractivity contribution in [3.8, 4) is 0 Å². The zero-order chi connectivity index (χ0) is 9.90. The largest absolute Gasteiger partial charge is 0.307 e. The molecule has 0 unspecified atom stereocenters. The molecule has 4 nitrogen and oxygen atoms in total. The lowest BCUT2D eigenvalue weighted by Crippen LogP contribution is -2.03. The second-order valence-electron chi connectivity index (χ2n) is 2.68. The molecule has 1 N–H and O–H groups in total. The first kappa shape index (κ1) is 10.5. The van der Waals surface area contributed by atoms with Crippen LogP contribution in [0.15, 0.2) is 18.3 Å². The average molecular weight is 265 g/mol. The van der Waals surface area contributed by atoms with Crippen LogP contribution in [0.1, 0.15) is 5.56 Å². The van der Waals surface area contributed by atoms with Crippen molar-refractivity contribution >= 4 is 31.8 Å². The van der Waals surface area contributed by atoms with Crippen molar-refractivity contribution in [3.05, 3.63) is 23.9 Å². The van der Waals surface area contributed by atoms with Gasteiger partial charge in [-0.1, -0.05) is 6.07 Å². The summed E-state index contributed by atoms with van der Waals surface area (Å²) in [4.78, 5) is 3.96. The highest BCUT2D eigenvalue weighted by molar-refractivity contribution is 9.10. The van der Waals surface area contributed by atoms with Crippen molar-refractivity contribution in [3.63, 3.8) is 0 Å². The fourth-order valence-electron chi connectivity index (χ4n) is 0.923. The molecular formula is C7H9BrN2O2S. The highest BCUT2D eigenvalue weighted by Gasteiger charge is 2.08. The van der Waals surface area contributed by atoms with Gasteiger partial charge in [0.05, 0.1) is 5.75 Å². The zero-order valence-electron chi connectivity index (χ0n) is 6.99. The third kappa shape index (κ3) is 3.31. The van der Waals surface area contributed by atoms with Crippen molar-refractivity contribution < 1.29 is 8.42 Å². The molecule has 0 atom stereocenters. The number of aromatic nitrogens is 1. The van der Waals surface area contributed by atoms with Crippen LogP contribution >= 0.6 is 16.1 Å². The Bertz CT molecular complexity index is 391. The lowest BCUT2D eigenvalue weighted by atomic mass is 10.3. The van der Waals surface area contributed by atoms with Gasteiger partial charge in [-0.3, -0.25) is 0 Å². The second-order valence-corrected chi connectivity index (χ2v) is 5.21. The van der Waals surface area contributed by atoms with Crippen molar-refractivity contribution in [2.75, 3.05) is 10.6 Å². The molecule has 0 spiro atoms. The Morgan fingerprint density at radius 3 is 2.85 bits per heavy atom. The summed E-state index contributed by atoms with van der Waals surface area (Å²) in [6.07, 6.45) is 2.79. The molecule has 0 aliphatic rings. The molecule has 0 aliphatic carbocycles. The zero-order valence-corrected chi connectivity index (χ0v) is 9.39. The van der Waals surface area contributed by atoms with E-state index in [1.807, 2.05) is 0 Å². The van der Waals surface area contributed by atoms with Crippen LogP contribution in [0.2, 0.25) is 0 Å². The summed E-state index contributed by atoms with van der Waals surface area (Å²) in [5.74, 6) is 0.530. The van der Waals surface area contributed by atoms with Crippen molar-refractivity contribution in [1.82, 2.24) is 4.98 Å². The minimum atomic E-state index is -3.01. The number of halogens is 1. The number of nitrogens with zero attached hydrogens (tertiary/aromatic N) is 1. The van der Waals surface area contributed by atoms with Crippen LogP contribution in [-0.2, 0) is 15.6 Å². The van der Waals surface area contributed by atoms with E-state index in [4.69, 9.17) is 0 Å². The molecule has 0 radical (unpaired) electrons. The maximum Gasteiger partial charge on any atom is 0.151 e. The summed E-state index contributed by atoms with van der Waals surface area (Å²) >= 11 is 3.01. The molecule has 0 fully saturated rings. The quantitative estimate of drug-likeness (QED) is 0.838. The molecule has 1 heterocycles. The van der Waals surface area contributed by atoms with E-state index < -0.39 is 9.84 Å². The number of nitrogens with one attached hydrogen (secondary N) is 1. The van der Waals surface area contributed by atoms with Crippen LogP contribution in [0.25, 0.3) is 0 Å². The van der Waals surface area contributed by atoms with E-state index in [9.17, 15) is 8.42 Å². The van der Waals surface area contributed by atoms with Gasteiger partial charge in [0.25, 0.3) is 0 Å². The lowest BCUT2D eigenvalue weighted by Gasteiger charge is -2.04. The summed E-state index contributed by atoms with van der Waals surface area (Å²) < 4.78 is 24.7. The van der Waals surface area contributed by atoms with Crippen LogP contribution in [0.3, 0.4) is 0 Å². The molecule has 0 saturated carbocycles. The smallest absolute Gasteiger partial charge is 0.151 e. The summed E-state index contributed by atoms with van der Waals surface area (Å²) in [5.41, 5.74) is 0.655. The molecule has 1 rings (SSSR count). The summed E-state index contributed by atoms with van der Waals surface area (Å²) in [5, 5.41) is 0. The van der Waals surface area contributed by atoms with Crippen LogP contribution in [0, 0.1) is 0 Å².